The van der Waals surface area contributed by atoms with E-state index in [0.29, 0.717) is 11.3 Å². The van der Waals surface area contributed by atoms with Gasteiger partial charge in [-0.2, -0.15) is 5.10 Å². The SMILES string of the molecule is CC(C)(C)c1cc2n(n1)CC(C)(C(=O)NC1CCCCCCC1)N(Cc1ccccc1F)C2=O. The zero-order valence-corrected chi connectivity index (χ0v) is 20.9. The molecule has 0 spiro atoms. The maximum atomic E-state index is 14.6. The average Bonchev–Trinajstić information content (AvgIpc) is 3.18. The second kappa shape index (κ2) is 9.51. The number of halogens is 1. The third-order valence-electron chi connectivity index (χ3n) is 7.28. The number of nitrogens with zero attached hydrogens (tertiary/aromatic N) is 3. The van der Waals surface area contributed by atoms with Gasteiger partial charge in [0.15, 0.2) is 0 Å². The standard InChI is InChI=1S/C27H37FN4O2/c1-26(2,3)23-16-22-24(33)31(17-19-12-10-11-15-21(19)28)27(4,18-32(22)30-23)25(34)29-20-13-8-6-5-7-9-14-20/h10-12,15-16,20H,5-9,13-14,17-18H2,1-4H3,(H,29,34). The van der Waals surface area contributed by atoms with Gasteiger partial charge < -0.3 is 10.2 Å². The number of carbonyl (C=O) groups is 2. The first-order valence-corrected chi connectivity index (χ1v) is 12.5. The monoisotopic (exact) mass is 468 g/mol. The number of hydrogen-bond acceptors (Lipinski definition) is 3. The predicted octanol–water partition coefficient (Wildman–Crippen LogP) is 4.96. The van der Waals surface area contributed by atoms with Gasteiger partial charge in [0.05, 0.1) is 18.8 Å². The highest BCUT2D eigenvalue weighted by Crippen LogP contribution is 2.32. The molecule has 0 radical (unpaired) electrons. The molecule has 1 N–H and O–H groups in total. The van der Waals surface area contributed by atoms with E-state index in [0.717, 1.165) is 31.4 Å². The minimum atomic E-state index is -1.18. The topological polar surface area (TPSA) is 67.2 Å². The number of benzene rings is 1. The van der Waals surface area contributed by atoms with Crippen LogP contribution in [0.2, 0.25) is 0 Å². The van der Waals surface area contributed by atoms with Crippen molar-refractivity contribution in [1.82, 2.24) is 20.0 Å². The maximum Gasteiger partial charge on any atom is 0.273 e. The molecule has 1 aromatic heterocycles. The van der Waals surface area contributed by atoms with Crippen LogP contribution in [0.3, 0.4) is 0 Å². The van der Waals surface area contributed by atoms with Crippen LogP contribution in [-0.2, 0) is 23.3 Å². The van der Waals surface area contributed by atoms with Crippen molar-refractivity contribution in [3.63, 3.8) is 0 Å². The molecular formula is C27H37FN4O2. The average molecular weight is 469 g/mol. The van der Waals surface area contributed by atoms with E-state index in [2.05, 4.69) is 5.32 Å². The number of rotatable bonds is 4. The van der Waals surface area contributed by atoms with Crippen molar-refractivity contribution in [2.24, 2.45) is 0 Å². The number of nitrogens with one attached hydrogen (secondary N) is 1. The first kappa shape index (κ1) is 24.4. The van der Waals surface area contributed by atoms with Gasteiger partial charge in [0, 0.05) is 17.0 Å². The Morgan fingerprint density at radius 3 is 2.44 bits per heavy atom. The summed E-state index contributed by atoms with van der Waals surface area (Å²) in [5.74, 6) is -0.874. The lowest BCUT2D eigenvalue weighted by Crippen LogP contribution is -2.64. The molecule has 1 saturated carbocycles. The van der Waals surface area contributed by atoms with Crippen molar-refractivity contribution in [3.8, 4) is 0 Å². The van der Waals surface area contributed by atoms with Crippen LogP contribution in [-0.4, -0.2) is 38.1 Å². The first-order valence-electron chi connectivity index (χ1n) is 12.5. The lowest BCUT2D eigenvalue weighted by molar-refractivity contribution is -0.134. The van der Waals surface area contributed by atoms with Crippen molar-refractivity contribution in [3.05, 3.63) is 53.1 Å². The highest BCUT2D eigenvalue weighted by Gasteiger charge is 2.48. The van der Waals surface area contributed by atoms with Crippen LogP contribution in [0.4, 0.5) is 4.39 Å². The zero-order valence-electron chi connectivity index (χ0n) is 20.9. The third-order valence-corrected chi connectivity index (χ3v) is 7.28. The number of hydrogen-bond donors (Lipinski definition) is 1. The van der Waals surface area contributed by atoms with E-state index in [-0.39, 0.29) is 42.2 Å². The molecule has 1 aliphatic heterocycles. The summed E-state index contributed by atoms with van der Waals surface area (Å²) in [5, 5.41) is 7.95. The van der Waals surface area contributed by atoms with Crippen LogP contribution in [0.25, 0.3) is 0 Å². The molecule has 2 aliphatic rings. The Hall–Kier alpha value is -2.70. The fourth-order valence-electron chi connectivity index (χ4n) is 4.99. The van der Waals surface area contributed by atoms with E-state index in [1.165, 1.54) is 30.2 Å². The number of carbonyl (C=O) groups excluding carboxylic acids is 2. The Bertz CT molecular complexity index is 1050. The van der Waals surface area contributed by atoms with Gasteiger partial charge in [-0.15, -0.1) is 0 Å². The molecule has 2 heterocycles. The van der Waals surface area contributed by atoms with E-state index in [1.54, 1.807) is 29.8 Å². The Morgan fingerprint density at radius 1 is 1.15 bits per heavy atom. The Balaban J connectivity index is 1.69. The third kappa shape index (κ3) is 4.89. The minimum absolute atomic E-state index is 0.0239. The highest BCUT2D eigenvalue weighted by atomic mass is 19.1. The lowest BCUT2D eigenvalue weighted by atomic mass is 9.91. The van der Waals surface area contributed by atoms with E-state index in [9.17, 15) is 14.0 Å². The van der Waals surface area contributed by atoms with Crippen LogP contribution in [0.15, 0.2) is 30.3 Å². The molecule has 6 nitrogen and oxygen atoms in total. The number of fused-ring (bicyclic) bond motifs is 1. The Morgan fingerprint density at radius 2 is 1.79 bits per heavy atom. The van der Waals surface area contributed by atoms with Gasteiger partial charge in [-0.1, -0.05) is 71.1 Å². The predicted molar refractivity (Wildman–Crippen MR) is 130 cm³/mol. The molecule has 1 aromatic carbocycles. The van der Waals surface area contributed by atoms with E-state index >= 15 is 0 Å². The van der Waals surface area contributed by atoms with Crippen molar-refractivity contribution in [1.29, 1.82) is 0 Å². The highest BCUT2D eigenvalue weighted by molar-refractivity contribution is 5.99. The summed E-state index contributed by atoms with van der Waals surface area (Å²) in [6, 6.07) is 8.34. The van der Waals surface area contributed by atoms with Gasteiger partial charge in [-0.05, 0) is 31.9 Å². The number of amides is 2. The molecule has 1 fully saturated rings. The summed E-state index contributed by atoms with van der Waals surface area (Å²) >= 11 is 0. The maximum absolute atomic E-state index is 14.6. The summed E-state index contributed by atoms with van der Waals surface area (Å²) in [7, 11) is 0. The van der Waals surface area contributed by atoms with Crippen LogP contribution in [0.5, 0.6) is 0 Å². The fraction of sp³-hybridized carbons (Fsp3) is 0.593. The largest absolute Gasteiger partial charge is 0.351 e. The van der Waals surface area contributed by atoms with E-state index in [4.69, 9.17) is 5.10 Å². The molecule has 34 heavy (non-hydrogen) atoms. The minimum Gasteiger partial charge on any atom is -0.351 e. The molecule has 0 saturated heterocycles. The van der Waals surface area contributed by atoms with E-state index < -0.39 is 5.54 Å². The normalized spacial score (nSPS) is 22.1. The van der Waals surface area contributed by atoms with Gasteiger partial charge in [-0.25, -0.2) is 4.39 Å². The van der Waals surface area contributed by atoms with Gasteiger partial charge in [0.2, 0.25) is 5.91 Å². The van der Waals surface area contributed by atoms with Gasteiger partial charge in [0.25, 0.3) is 5.91 Å². The second-order valence-electron chi connectivity index (χ2n) is 11.1. The lowest BCUT2D eigenvalue weighted by Gasteiger charge is -2.44. The molecule has 1 unspecified atom stereocenters. The van der Waals surface area contributed by atoms with Crippen molar-refractivity contribution in [2.45, 2.75) is 103 Å². The summed E-state index contributed by atoms with van der Waals surface area (Å²) in [5.41, 5.74) is 0.211. The smallest absolute Gasteiger partial charge is 0.273 e. The summed E-state index contributed by atoms with van der Waals surface area (Å²) in [6.45, 7) is 8.18. The Labute approximate surface area is 201 Å². The summed E-state index contributed by atoms with van der Waals surface area (Å²) in [6.07, 6.45) is 7.72. The van der Waals surface area contributed by atoms with E-state index in [1.807, 2.05) is 26.8 Å². The Kier molecular flexibility index (Phi) is 6.83. The summed E-state index contributed by atoms with van der Waals surface area (Å²) < 4.78 is 16.2. The van der Waals surface area contributed by atoms with Crippen molar-refractivity contribution < 1.29 is 14.0 Å². The van der Waals surface area contributed by atoms with Crippen LogP contribution in [0, 0.1) is 5.82 Å². The molecule has 7 heteroatoms. The molecule has 4 rings (SSSR count). The number of aromatic nitrogens is 2. The zero-order chi connectivity index (χ0) is 24.5. The van der Waals surface area contributed by atoms with Crippen LogP contribution >= 0.6 is 0 Å². The molecule has 2 aromatic rings. The fourth-order valence-corrected chi connectivity index (χ4v) is 4.99. The molecule has 0 bridgehead atoms. The van der Waals surface area contributed by atoms with Gasteiger partial charge in [-0.3, -0.25) is 14.3 Å². The van der Waals surface area contributed by atoms with Crippen molar-refractivity contribution >= 4 is 11.8 Å². The summed E-state index contributed by atoms with van der Waals surface area (Å²) in [4.78, 5) is 29.1. The molecule has 2 amide bonds. The molecule has 184 valence electrons. The van der Waals surface area contributed by atoms with Crippen LogP contribution in [0.1, 0.15) is 94.4 Å². The molecular weight excluding hydrogens is 431 g/mol. The van der Waals surface area contributed by atoms with Gasteiger partial charge >= 0.3 is 0 Å². The molecule has 1 aliphatic carbocycles. The van der Waals surface area contributed by atoms with Gasteiger partial charge in [0.1, 0.15) is 17.1 Å². The second-order valence-corrected chi connectivity index (χ2v) is 11.1. The molecule has 1 atom stereocenters. The first-order chi connectivity index (χ1) is 16.1. The van der Waals surface area contributed by atoms with Crippen molar-refractivity contribution in [2.75, 3.05) is 0 Å². The van der Waals surface area contributed by atoms with Crippen LogP contribution < -0.4 is 5.32 Å². The quantitative estimate of drug-likeness (QED) is 0.689.